The van der Waals surface area contributed by atoms with Crippen molar-refractivity contribution in [1.29, 1.82) is 0 Å². The van der Waals surface area contributed by atoms with Crippen LogP contribution < -0.4 is 5.73 Å². The fourth-order valence-corrected chi connectivity index (χ4v) is 1.99. The van der Waals surface area contributed by atoms with E-state index >= 15 is 0 Å². The predicted octanol–water partition coefficient (Wildman–Crippen LogP) is 0.287. The average molecular weight is 236 g/mol. The van der Waals surface area contributed by atoms with E-state index < -0.39 is 0 Å². The van der Waals surface area contributed by atoms with Crippen LogP contribution in [0.4, 0.5) is 5.82 Å². The van der Waals surface area contributed by atoms with Gasteiger partial charge in [0.1, 0.15) is 5.82 Å². The number of carbonyl (C=O) groups is 2. The number of nitrogens with two attached hydrogens (primary N) is 1. The van der Waals surface area contributed by atoms with Crippen LogP contribution in [-0.2, 0) is 23.2 Å². The molecule has 0 aliphatic carbocycles. The smallest absolute Gasteiger partial charge is 0.229 e. The summed E-state index contributed by atoms with van der Waals surface area (Å²) in [5, 5.41) is 3.99. The molecule has 1 aromatic heterocycles. The molecule has 1 aliphatic heterocycles. The lowest BCUT2D eigenvalue weighted by Gasteiger charge is -2.28. The summed E-state index contributed by atoms with van der Waals surface area (Å²) in [5.41, 5.74) is 6.50. The molecule has 2 rings (SSSR count). The van der Waals surface area contributed by atoms with Crippen molar-refractivity contribution < 1.29 is 9.59 Å². The topological polar surface area (TPSA) is 81.2 Å². The van der Waals surface area contributed by atoms with Crippen LogP contribution in [0.3, 0.4) is 0 Å². The van der Waals surface area contributed by atoms with Gasteiger partial charge in [0.2, 0.25) is 11.8 Å². The first-order valence-corrected chi connectivity index (χ1v) is 5.58. The molecule has 1 fully saturated rings. The second-order valence-corrected chi connectivity index (χ2v) is 4.57. The molecule has 1 saturated heterocycles. The third-order valence-corrected chi connectivity index (χ3v) is 3.04. The third kappa shape index (κ3) is 2.15. The first-order valence-electron chi connectivity index (χ1n) is 5.58. The van der Waals surface area contributed by atoms with Crippen LogP contribution in [0.2, 0.25) is 0 Å². The first-order chi connectivity index (χ1) is 7.99. The maximum atomic E-state index is 11.8. The molecule has 2 amide bonds. The fraction of sp³-hybridized carbons (Fsp3) is 0.545. The minimum Gasteiger partial charge on any atom is -0.384 e. The van der Waals surface area contributed by atoms with Crippen LogP contribution in [-0.4, -0.2) is 26.5 Å². The lowest BCUT2D eigenvalue weighted by Crippen LogP contribution is -2.42. The Morgan fingerprint density at radius 3 is 2.47 bits per heavy atom. The Kier molecular flexibility index (Phi) is 2.87. The Labute approximate surface area is 99.4 Å². The molecule has 0 bridgehead atoms. The van der Waals surface area contributed by atoms with Crippen LogP contribution >= 0.6 is 0 Å². The maximum Gasteiger partial charge on any atom is 0.229 e. The highest BCUT2D eigenvalue weighted by Crippen LogP contribution is 2.22. The van der Waals surface area contributed by atoms with Crippen LogP contribution in [0.25, 0.3) is 0 Å². The molecule has 2 heterocycles. The zero-order valence-electron chi connectivity index (χ0n) is 10.0. The van der Waals surface area contributed by atoms with Gasteiger partial charge in [0.15, 0.2) is 0 Å². The first kappa shape index (κ1) is 11.6. The average Bonchev–Trinajstić information content (AvgIpc) is 2.54. The van der Waals surface area contributed by atoms with Gasteiger partial charge in [-0.15, -0.1) is 0 Å². The number of carbonyl (C=O) groups excluding carboxylic acids is 2. The molecular weight excluding hydrogens is 220 g/mol. The van der Waals surface area contributed by atoms with Crippen molar-refractivity contribution in [3.8, 4) is 0 Å². The molecule has 0 spiro atoms. The Balaban J connectivity index is 2.16. The second-order valence-electron chi connectivity index (χ2n) is 4.57. The Morgan fingerprint density at radius 1 is 1.41 bits per heavy atom. The van der Waals surface area contributed by atoms with Crippen molar-refractivity contribution in [3.63, 3.8) is 0 Å². The van der Waals surface area contributed by atoms with E-state index in [0.717, 1.165) is 0 Å². The van der Waals surface area contributed by atoms with Crippen molar-refractivity contribution in [1.82, 2.24) is 14.7 Å². The van der Waals surface area contributed by atoms with E-state index in [1.165, 1.54) is 9.58 Å². The van der Waals surface area contributed by atoms with Crippen molar-refractivity contribution >= 4 is 17.6 Å². The van der Waals surface area contributed by atoms with Crippen molar-refractivity contribution in [2.75, 3.05) is 5.73 Å². The number of piperidine rings is 1. The van der Waals surface area contributed by atoms with Crippen LogP contribution in [0.5, 0.6) is 0 Å². The molecule has 0 saturated carbocycles. The molecule has 6 nitrogen and oxygen atoms in total. The summed E-state index contributed by atoms with van der Waals surface area (Å²) >= 11 is 0. The fourth-order valence-electron chi connectivity index (χ4n) is 1.99. The molecule has 1 aromatic rings. The monoisotopic (exact) mass is 236 g/mol. The second kappa shape index (κ2) is 4.20. The van der Waals surface area contributed by atoms with Crippen molar-refractivity contribution in [3.05, 3.63) is 11.8 Å². The number of likely N-dealkylation sites (tertiary alicyclic amines) is 1. The zero-order chi connectivity index (χ0) is 12.6. The summed E-state index contributed by atoms with van der Waals surface area (Å²) in [4.78, 5) is 24.8. The molecule has 0 unspecified atom stereocenters. The van der Waals surface area contributed by atoms with Gasteiger partial charge in [0, 0.05) is 25.5 Å². The summed E-state index contributed by atoms with van der Waals surface area (Å²) in [6.45, 7) is 2.13. The molecule has 0 aromatic carbocycles. The van der Waals surface area contributed by atoms with Gasteiger partial charge >= 0.3 is 0 Å². The number of hydrogen-bond donors (Lipinski definition) is 1. The third-order valence-electron chi connectivity index (χ3n) is 3.04. The van der Waals surface area contributed by atoms with Gasteiger partial charge in [-0.1, -0.05) is 6.92 Å². The van der Waals surface area contributed by atoms with E-state index in [-0.39, 0.29) is 24.3 Å². The predicted molar refractivity (Wildman–Crippen MR) is 61.6 cm³/mol. The molecule has 2 N–H and O–H groups in total. The van der Waals surface area contributed by atoms with Crippen LogP contribution in [0, 0.1) is 5.92 Å². The molecular formula is C11H16N4O2. The van der Waals surface area contributed by atoms with Gasteiger partial charge < -0.3 is 5.73 Å². The lowest BCUT2D eigenvalue weighted by atomic mass is 9.97. The molecule has 6 heteroatoms. The number of amides is 2. The number of nitrogens with zero attached hydrogens (tertiary/aromatic N) is 3. The van der Waals surface area contributed by atoms with Gasteiger partial charge in [0.25, 0.3) is 0 Å². The molecule has 92 valence electrons. The van der Waals surface area contributed by atoms with Crippen LogP contribution in [0.1, 0.15) is 25.3 Å². The van der Waals surface area contributed by atoms with Gasteiger partial charge in [0.05, 0.1) is 12.7 Å². The standard InChI is InChI=1S/C11H16N4O2/c1-7-3-9(16)15(10(17)4-7)6-8-5-13-14(2)11(8)12/h5,7H,3-4,6,12H2,1-2H3. The van der Waals surface area contributed by atoms with Gasteiger partial charge in [-0.3, -0.25) is 19.2 Å². The van der Waals surface area contributed by atoms with Gasteiger partial charge in [-0.2, -0.15) is 5.10 Å². The Bertz CT molecular complexity index is 448. The number of anilines is 1. The lowest BCUT2D eigenvalue weighted by molar-refractivity contribution is -0.150. The molecule has 0 radical (unpaired) electrons. The normalized spacial score (nSPS) is 17.9. The number of nitrogen functional groups attached to an aromatic ring is 1. The Hall–Kier alpha value is -1.85. The minimum atomic E-state index is -0.128. The zero-order valence-corrected chi connectivity index (χ0v) is 10.0. The van der Waals surface area contributed by atoms with Crippen LogP contribution in [0.15, 0.2) is 6.20 Å². The maximum absolute atomic E-state index is 11.8. The van der Waals surface area contributed by atoms with E-state index in [2.05, 4.69) is 5.10 Å². The highest BCUT2D eigenvalue weighted by atomic mass is 16.2. The number of rotatable bonds is 2. The van der Waals surface area contributed by atoms with Gasteiger partial charge in [-0.05, 0) is 5.92 Å². The number of aryl methyl sites for hydroxylation is 1. The Morgan fingerprint density at radius 2 is 2.00 bits per heavy atom. The summed E-state index contributed by atoms with van der Waals surface area (Å²) in [6, 6.07) is 0. The summed E-state index contributed by atoms with van der Waals surface area (Å²) in [6.07, 6.45) is 2.44. The minimum absolute atomic E-state index is 0.128. The SMILES string of the molecule is CC1CC(=O)N(Cc2cnn(C)c2N)C(=O)C1. The van der Waals surface area contributed by atoms with E-state index in [9.17, 15) is 9.59 Å². The molecule has 17 heavy (non-hydrogen) atoms. The van der Waals surface area contributed by atoms with Crippen molar-refractivity contribution in [2.45, 2.75) is 26.3 Å². The highest BCUT2D eigenvalue weighted by molar-refractivity contribution is 5.97. The molecule has 0 atom stereocenters. The van der Waals surface area contributed by atoms with E-state index in [0.29, 0.717) is 24.2 Å². The number of imide groups is 1. The van der Waals surface area contributed by atoms with E-state index in [1.807, 2.05) is 6.92 Å². The number of hydrogen-bond acceptors (Lipinski definition) is 4. The quantitative estimate of drug-likeness (QED) is 0.748. The largest absolute Gasteiger partial charge is 0.384 e. The number of aromatic nitrogens is 2. The van der Waals surface area contributed by atoms with Gasteiger partial charge in [-0.25, -0.2) is 0 Å². The van der Waals surface area contributed by atoms with E-state index in [4.69, 9.17) is 5.73 Å². The van der Waals surface area contributed by atoms with Crippen molar-refractivity contribution in [2.24, 2.45) is 13.0 Å². The highest BCUT2D eigenvalue weighted by Gasteiger charge is 2.30. The summed E-state index contributed by atoms with van der Waals surface area (Å²) in [7, 11) is 1.72. The summed E-state index contributed by atoms with van der Waals surface area (Å²) < 4.78 is 1.52. The summed E-state index contributed by atoms with van der Waals surface area (Å²) in [5.74, 6) is 0.371. The van der Waals surface area contributed by atoms with E-state index in [1.54, 1.807) is 13.2 Å². The molecule has 1 aliphatic rings.